The van der Waals surface area contributed by atoms with Gasteiger partial charge in [-0.25, -0.2) is 9.37 Å². The van der Waals surface area contributed by atoms with Gasteiger partial charge in [0.25, 0.3) is 5.91 Å². The van der Waals surface area contributed by atoms with E-state index in [1.54, 1.807) is 24.4 Å². The number of imidazole rings is 1. The number of amides is 1. The van der Waals surface area contributed by atoms with E-state index in [0.717, 1.165) is 33.3 Å². The van der Waals surface area contributed by atoms with Crippen LogP contribution in [0.4, 0.5) is 4.39 Å². The van der Waals surface area contributed by atoms with Crippen LogP contribution in [0, 0.1) is 11.7 Å². The highest BCUT2D eigenvalue weighted by Gasteiger charge is 2.20. The lowest BCUT2D eigenvalue weighted by atomic mass is 9.95. The predicted molar refractivity (Wildman–Crippen MR) is 136 cm³/mol. The molecule has 5 nitrogen and oxygen atoms in total. The van der Waals surface area contributed by atoms with Gasteiger partial charge in [-0.2, -0.15) is 0 Å². The number of pyridine rings is 1. The van der Waals surface area contributed by atoms with Crippen molar-refractivity contribution in [1.82, 2.24) is 20.3 Å². The summed E-state index contributed by atoms with van der Waals surface area (Å²) in [4.78, 5) is 25.5. The van der Waals surface area contributed by atoms with Gasteiger partial charge >= 0.3 is 0 Å². The maximum absolute atomic E-state index is 13.4. The van der Waals surface area contributed by atoms with Crippen LogP contribution in [0.5, 0.6) is 0 Å². The fraction of sp³-hybridized carbons (Fsp3) is 0.138. The van der Waals surface area contributed by atoms with E-state index in [4.69, 9.17) is 0 Å². The average Bonchev–Trinajstić information content (AvgIpc) is 3.38. The molecule has 5 rings (SSSR count). The molecule has 174 valence electrons. The third-order valence-electron chi connectivity index (χ3n) is 6.07. The molecule has 0 bridgehead atoms. The number of carbonyl (C=O) groups is 1. The number of carbonyl (C=O) groups excluding carboxylic acids is 1. The van der Waals surface area contributed by atoms with Crippen LogP contribution in [-0.4, -0.2) is 20.9 Å². The molecule has 0 spiro atoms. The van der Waals surface area contributed by atoms with Crippen molar-refractivity contribution in [1.29, 1.82) is 0 Å². The smallest absolute Gasteiger partial charge is 0.251 e. The Bertz CT molecular complexity index is 1490. The second-order valence-corrected chi connectivity index (χ2v) is 8.89. The van der Waals surface area contributed by atoms with E-state index in [0.29, 0.717) is 11.4 Å². The number of benzene rings is 3. The maximum atomic E-state index is 13.4. The lowest BCUT2D eigenvalue weighted by molar-refractivity contribution is 0.0925. The van der Waals surface area contributed by atoms with E-state index < -0.39 is 0 Å². The van der Waals surface area contributed by atoms with Crippen molar-refractivity contribution < 1.29 is 9.18 Å². The summed E-state index contributed by atoms with van der Waals surface area (Å²) in [6, 6.07) is 23.5. The van der Waals surface area contributed by atoms with Gasteiger partial charge in [0.15, 0.2) is 5.82 Å². The summed E-state index contributed by atoms with van der Waals surface area (Å²) in [6.45, 7) is 4.05. The van der Waals surface area contributed by atoms with Gasteiger partial charge in [-0.3, -0.25) is 9.78 Å². The van der Waals surface area contributed by atoms with Crippen molar-refractivity contribution >= 4 is 16.7 Å². The number of hydrogen-bond acceptors (Lipinski definition) is 3. The van der Waals surface area contributed by atoms with Crippen LogP contribution in [0.3, 0.4) is 0 Å². The molecule has 0 aliphatic heterocycles. The Labute approximate surface area is 203 Å². The molecule has 1 atom stereocenters. The number of halogens is 1. The lowest BCUT2D eigenvalue weighted by Crippen LogP contribution is -2.31. The third kappa shape index (κ3) is 4.82. The summed E-state index contributed by atoms with van der Waals surface area (Å²) in [6.07, 6.45) is 3.59. The Hall–Kier alpha value is -4.32. The molecular formula is C29H25FN4O. The number of hydrogen-bond donors (Lipinski definition) is 2. The normalized spacial score (nSPS) is 12.1. The van der Waals surface area contributed by atoms with Crippen molar-refractivity contribution in [3.63, 3.8) is 0 Å². The Morgan fingerprint density at radius 1 is 0.886 bits per heavy atom. The fourth-order valence-corrected chi connectivity index (χ4v) is 4.17. The Balaban J connectivity index is 1.38. The van der Waals surface area contributed by atoms with Gasteiger partial charge in [0, 0.05) is 22.7 Å². The van der Waals surface area contributed by atoms with Crippen LogP contribution >= 0.6 is 0 Å². The van der Waals surface area contributed by atoms with Gasteiger partial charge in [0.05, 0.1) is 17.9 Å². The molecule has 1 unspecified atom stereocenters. The minimum atomic E-state index is -0.298. The molecule has 0 fully saturated rings. The monoisotopic (exact) mass is 464 g/mol. The highest BCUT2D eigenvalue weighted by Crippen LogP contribution is 2.26. The highest BCUT2D eigenvalue weighted by atomic mass is 19.1. The van der Waals surface area contributed by atoms with Crippen molar-refractivity contribution in [2.45, 2.75) is 19.9 Å². The first-order valence-corrected chi connectivity index (χ1v) is 11.5. The SMILES string of the molecule is CC(C)C(NC(=O)c1cccc(-c2cnc(-c3cc4ccccc4cn3)[nH]2)c1)c1ccc(F)cc1. The van der Waals surface area contributed by atoms with E-state index >= 15 is 0 Å². The lowest BCUT2D eigenvalue weighted by Gasteiger charge is -2.23. The second-order valence-electron chi connectivity index (χ2n) is 8.89. The first-order chi connectivity index (χ1) is 17.0. The summed E-state index contributed by atoms with van der Waals surface area (Å²) >= 11 is 0. The number of H-pyrrole nitrogens is 1. The zero-order valence-corrected chi connectivity index (χ0v) is 19.5. The predicted octanol–water partition coefficient (Wildman–Crippen LogP) is 6.56. The van der Waals surface area contributed by atoms with Crippen LogP contribution in [-0.2, 0) is 0 Å². The summed E-state index contributed by atoms with van der Waals surface area (Å²) in [5, 5.41) is 5.26. The topological polar surface area (TPSA) is 70.7 Å². The molecule has 0 saturated heterocycles. The van der Waals surface area contributed by atoms with Crippen LogP contribution in [0.2, 0.25) is 0 Å². The molecule has 2 aromatic heterocycles. The number of aromatic nitrogens is 3. The van der Waals surface area contributed by atoms with Crippen LogP contribution < -0.4 is 5.32 Å². The zero-order chi connectivity index (χ0) is 24.4. The molecule has 6 heteroatoms. The molecule has 35 heavy (non-hydrogen) atoms. The first-order valence-electron chi connectivity index (χ1n) is 11.5. The van der Waals surface area contributed by atoms with Gasteiger partial charge in [0.1, 0.15) is 11.5 Å². The summed E-state index contributed by atoms with van der Waals surface area (Å²) in [5.41, 5.74) is 3.80. The van der Waals surface area contributed by atoms with E-state index in [1.165, 1.54) is 12.1 Å². The quantitative estimate of drug-likeness (QED) is 0.299. The van der Waals surface area contributed by atoms with E-state index in [-0.39, 0.29) is 23.7 Å². The first kappa shape index (κ1) is 22.5. The van der Waals surface area contributed by atoms with Gasteiger partial charge in [-0.15, -0.1) is 0 Å². The number of aromatic amines is 1. The van der Waals surface area contributed by atoms with Gasteiger partial charge in [-0.1, -0.05) is 62.4 Å². The van der Waals surface area contributed by atoms with Gasteiger partial charge in [0.2, 0.25) is 0 Å². The van der Waals surface area contributed by atoms with Crippen LogP contribution in [0.25, 0.3) is 33.5 Å². The maximum Gasteiger partial charge on any atom is 0.251 e. The Morgan fingerprint density at radius 2 is 1.66 bits per heavy atom. The molecule has 2 N–H and O–H groups in total. The molecule has 1 amide bonds. The molecule has 0 saturated carbocycles. The average molecular weight is 465 g/mol. The zero-order valence-electron chi connectivity index (χ0n) is 19.5. The molecular weight excluding hydrogens is 439 g/mol. The molecule has 2 heterocycles. The van der Waals surface area contributed by atoms with E-state index in [9.17, 15) is 9.18 Å². The number of nitrogens with zero attached hydrogens (tertiary/aromatic N) is 2. The largest absolute Gasteiger partial charge is 0.345 e. The summed E-state index contributed by atoms with van der Waals surface area (Å²) in [7, 11) is 0. The molecule has 3 aromatic carbocycles. The number of fused-ring (bicyclic) bond motifs is 1. The van der Waals surface area contributed by atoms with Crippen molar-refractivity contribution in [2.75, 3.05) is 0 Å². The minimum absolute atomic E-state index is 0.136. The highest BCUT2D eigenvalue weighted by molar-refractivity contribution is 5.95. The summed E-state index contributed by atoms with van der Waals surface area (Å²) < 4.78 is 13.4. The molecule has 0 radical (unpaired) electrons. The van der Waals surface area contributed by atoms with Crippen molar-refractivity contribution in [3.05, 3.63) is 108 Å². The van der Waals surface area contributed by atoms with E-state index in [2.05, 4.69) is 20.3 Å². The summed E-state index contributed by atoms with van der Waals surface area (Å²) in [5.74, 6) is 0.313. The molecule has 0 aliphatic rings. The third-order valence-corrected chi connectivity index (χ3v) is 6.07. The number of rotatable bonds is 6. The Morgan fingerprint density at radius 3 is 2.43 bits per heavy atom. The fourth-order valence-electron chi connectivity index (χ4n) is 4.17. The molecule has 0 aliphatic carbocycles. The van der Waals surface area contributed by atoms with Gasteiger partial charge in [-0.05, 0) is 47.2 Å². The van der Waals surface area contributed by atoms with Crippen molar-refractivity contribution in [2.24, 2.45) is 5.92 Å². The van der Waals surface area contributed by atoms with Crippen LogP contribution in [0.1, 0.15) is 35.8 Å². The second kappa shape index (κ2) is 9.50. The standard InChI is InChI=1S/C29H25FN4O/c1-18(2)27(19-10-12-24(30)13-11-19)34-29(35)22-9-5-8-21(14-22)26-17-32-28(33-26)25-15-20-6-3-4-7-23(20)16-31-25/h3-18,27H,1-2H3,(H,32,33)(H,34,35). The van der Waals surface area contributed by atoms with Crippen molar-refractivity contribution in [3.8, 4) is 22.8 Å². The molecule has 5 aromatic rings. The Kier molecular flexibility index (Phi) is 6.10. The minimum Gasteiger partial charge on any atom is -0.345 e. The number of nitrogens with one attached hydrogen (secondary N) is 2. The van der Waals surface area contributed by atoms with E-state index in [1.807, 2.05) is 68.6 Å². The van der Waals surface area contributed by atoms with Crippen LogP contribution in [0.15, 0.2) is 91.3 Å². The van der Waals surface area contributed by atoms with Gasteiger partial charge < -0.3 is 10.3 Å².